The summed E-state index contributed by atoms with van der Waals surface area (Å²) >= 11 is 1.44. The van der Waals surface area contributed by atoms with Gasteiger partial charge in [-0.25, -0.2) is 0 Å². The molecule has 1 amide bonds. The standard InChI is InChI=1S/C16H19NO2S/c1-16(2,17-15(18)14-9-6-10-20-14)12-19-11-13-7-4-3-5-8-13/h3-10H,11-12H2,1-2H3,(H,17,18). The Kier molecular flexibility index (Phi) is 4.93. The molecule has 0 spiro atoms. The number of amides is 1. The van der Waals surface area contributed by atoms with E-state index >= 15 is 0 Å². The largest absolute Gasteiger partial charge is 0.374 e. The van der Waals surface area contributed by atoms with Gasteiger partial charge < -0.3 is 10.1 Å². The molecule has 0 aliphatic heterocycles. The summed E-state index contributed by atoms with van der Waals surface area (Å²) < 4.78 is 5.69. The fraction of sp³-hybridized carbons (Fsp3) is 0.312. The van der Waals surface area contributed by atoms with Crippen LogP contribution in [0.15, 0.2) is 47.8 Å². The quantitative estimate of drug-likeness (QED) is 0.884. The number of hydrogen-bond donors (Lipinski definition) is 1. The maximum absolute atomic E-state index is 12.0. The van der Waals surface area contributed by atoms with Crippen molar-refractivity contribution in [3.8, 4) is 0 Å². The van der Waals surface area contributed by atoms with Gasteiger partial charge in [-0.3, -0.25) is 4.79 Å². The molecule has 1 aromatic heterocycles. The topological polar surface area (TPSA) is 38.3 Å². The summed E-state index contributed by atoms with van der Waals surface area (Å²) in [6, 6.07) is 13.7. The summed E-state index contributed by atoms with van der Waals surface area (Å²) in [5.74, 6) is -0.0479. The fourth-order valence-electron chi connectivity index (χ4n) is 1.81. The van der Waals surface area contributed by atoms with Crippen LogP contribution in [0, 0.1) is 0 Å². The van der Waals surface area contributed by atoms with E-state index in [-0.39, 0.29) is 5.91 Å². The fourth-order valence-corrected chi connectivity index (χ4v) is 2.43. The van der Waals surface area contributed by atoms with Gasteiger partial charge in [-0.2, -0.15) is 0 Å². The number of rotatable bonds is 6. The maximum atomic E-state index is 12.0. The third-order valence-electron chi connectivity index (χ3n) is 2.77. The van der Waals surface area contributed by atoms with E-state index in [4.69, 9.17) is 4.74 Å². The Bertz CT molecular complexity index is 535. The molecule has 0 unspecified atom stereocenters. The zero-order valence-corrected chi connectivity index (χ0v) is 12.6. The lowest BCUT2D eigenvalue weighted by Gasteiger charge is -2.25. The first-order chi connectivity index (χ1) is 9.57. The molecule has 4 heteroatoms. The normalized spacial score (nSPS) is 11.3. The van der Waals surface area contributed by atoms with Crippen molar-refractivity contribution < 1.29 is 9.53 Å². The Labute approximate surface area is 123 Å². The Balaban J connectivity index is 1.80. The van der Waals surface area contributed by atoms with E-state index in [2.05, 4.69) is 5.32 Å². The second kappa shape index (κ2) is 6.68. The van der Waals surface area contributed by atoms with Crippen LogP contribution in [0.4, 0.5) is 0 Å². The van der Waals surface area contributed by atoms with Gasteiger partial charge in [0.15, 0.2) is 0 Å². The van der Waals surface area contributed by atoms with Crippen molar-refractivity contribution in [3.05, 3.63) is 58.3 Å². The predicted molar refractivity (Wildman–Crippen MR) is 82.0 cm³/mol. The molecule has 2 rings (SSSR count). The van der Waals surface area contributed by atoms with Gasteiger partial charge in [0.2, 0.25) is 0 Å². The van der Waals surface area contributed by atoms with Crippen LogP contribution in [-0.2, 0) is 11.3 Å². The van der Waals surface area contributed by atoms with E-state index in [0.717, 1.165) is 10.4 Å². The van der Waals surface area contributed by atoms with Gasteiger partial charge in [0, 0.05) is 0 Å². The van der Waals surface area contributed by atoms with E-state index in [1.807, 2.05) is 61.7 Å². The molecule has 0 aliphatic rings. The molecule has 0 fully saturated rings. The molecule has 0 aliphatic carbocycles. The highest BCUT2D eigenvalue weighted by Gasteiger charge is 2.21. The van der Waals surface area contributed by atoms with Crippen molar-refractivity contribution in [2.75, 3.05) is 6.61 Å². The molecule has 0 saturated carbocycles. The first kappa shape index (κ1) is 14.8. The van der Waals surface area contributed by atoms with Gasteiger partial charge in [0.1, 0.15) is 0 Å². The van der Waals surface area contributed by atoms with Crippen LogP contribution >= 0.6 is 11.3 Å². The number of ether oxygens (including phenoxy) is 1. The van der Waals surface area contributed by atoms with Crippen LogP contribution in [0.1, 0.15) is 29.1 Å². The molecule has 1 N–H and O–H groups in total. The van der Waals surface area contributed by atoms with Gasteiger partial charge >= 0.3 is 0 Å². The van der Waals surface area contributed by atoms with Crippen molar-refractivity contribution >= 4 is 17.2 Å². The molecule has 0 radical (unpaired) electrons. The molecule has 1 heterocycles. The summed E-state index contributed by atoms with van der Waals surface area (Å²) in [6.45, 7) is 4.95. The second-order valence-electron chi connectivity index (χ2n) is 5.29. The average Bonchev–Trinajstić information content (AvgIpc) is 2.93. The summed E-state index contributed by atoms with van der Waals surface area (Å²) in [5.41, 5.74) is 0.739. The molecule has 1 aromatic carbocycles. The highest BCUT2D eigenvalue weighted by atomic mass is 32.1. The molecule has 20 heavy (non-hydrogen) atoms. The highest BCUT2D eigenvalue weighted by molar-refractivity contribution is 7.12. The van der Waals surface area contributed by atoms with Gasteiger partial charge in [0.05, 0.1) is 23.6 Å². The Hall–Kier alpha value is -1.65. The van der Waals surface area contributed by atoms with Gasteiger partial charge in [-0.05, 0) is 30.9 Å². The van der Waals surface area contributed by atoms with Crippen LogP contribution in [-0.4, -0.2) is 18.1 Å². The molecule has 0 saturated heterocycles. The maximum Gasteiger partial charge on any atom is 0.261 e. The third kappa shape index (κ3) is 4.47. The van der Waals surface area contributed by atoms with Crippen LogP contribution in [0.3, 0.4) is 0 Å². The zero-order valence-electron chi connectivity index (χ0n) is 11.8. The Morgan fingerprint density at radius 1 is 1.20 bits per heavy atom. The van der Waals surface area contributed by atoms with Crippen LogP contribution in [0.5, 0.6) is 0 Å². The molecule has 2 aromatic rings. The zero-order chi connectivity index (χ0) is 14.4. The van der Waals surface area contributed by atoms with E-state index in [1.54, 1.807) is 0 Å². The SMILES string of the molecule is CC(C)(COCc1ccccc1)NC(=O)c1cccs1. The summed E-state index contributed by atoms with van der Waals surface area (Å²) in [7, 11) is 0. The van der Waals surface area contributed by atoms with Crippen LogP contribution in [0.25, 0.3) is 0 Å². The summed E-state index contributed by atoms with van der Waals surface area (Å²) in [6.07, 6.45) is 0. The third-order valence-corrected chi connectivity index (χ3v) is 3.64. The molecule has 106 valence electrons. The monoisotopic (exact) mass is 289 g/mol. The van der Waals surface area contributed by atoms with E-state index in [9.17, 15) is 4.79 Å². The van der Waals surface area contributed by atoms with Gasteiger partial charge in [-0.1, -0.05) is 36.4 Å². The predicted octanol–water partition coefficient (Wildman–Crippen LogP) is 3.47. The molecular formula is C16H19NO2S. The molecule has 3 nitrogen and oxygen atoms in total. The van der Waals surface area contributed by atoms with Gasteiger partial charge in [0.25, 0.3) is 5.91 Å². The van der Waals surface area contributed by atoms with Crippen molar-refractivity contribution in [1.82, 2.24) is 5.32 Å². The van der Waals surface area contributed by atoms with Crippen molar-refractivity contribution in [3.63, 3.8) is 0 Å². The first-order valence-corrected chi connectivity index (χ1v) is 7.42. The molecular weight excluding hydrogens is 270 g/mol. The minimum atomic E-state index is -0.393. The second-order valence-corrected chi connectivity index (χ2v) is 6.24. The van der Waals surface area contributed by atoms with Crippen LogP contribution in [0.2, 0.25) is 0 Å². The first-order valence-electron chi connectivity index (χ1n) is 6.54. The molecule has 0 atom stereocenters. The van der Waals surface area contributed by atoms with Crippen molar-refractivity contribution in [2.45, 2.75) is 26.0 Å². The van der Waals surface area contributed by atoms with E-state index < -0.39 is 5.54 Å². The minimum Gasteiger partial charge on any atom is -0.374 e. The lowest BCUT2D eigenvalue weighted by atomic mass is 10.1. The molecule has 0 bridgehead atoms. The number of carbonyl (C=O) groups is 1. The average molecular weight is 289 g/mol. The van der Waals surface area contributed by atoms with Crippen molar-refractivity contribution in [2.24, 2.45) is 0 Å². The van der Waals surface area contributed by atoms with E-state index in [1.165, 1.54) is 11.3 Å². The Morgan fingerprint density at radius 3 is 2.60 bits per heavy atom. The number of nitrogens with one attached hydrogen (secondary N) is 1. The van der Waals surface area contributed by atoms with E-state index in [0.29, 0.717) is 13.2 Å². The summed E-state index contributed by atoms with van der Waals surface area (Å²) in [4.78, 5) is 12.7. The number of carbonyl (C=O) groups excluding carboxylic acids is 1. The number of benzene rings is 1. The smallest absolute Gasteiger partial charge is 0.261 e. The Morgan fingerprint density at radius 2 is 1.95 bits per heavy atom. The minimum absolute atomic E-state index is 0.0479. The summed E-state index contributed by atoms with van der Waals surface area (Å²) in [5, 5.41) is 4.89. The lowest BCUT2D eigenvalue weighted by Crippen LogP contribution is -2.46. The number of hydrogen-bond acceptors (Lipinski definition) is 3. The lowest BCUT2D eigenvalue weighted by molar-refractivity contribution is 0.0619. The van der Waals surface area contributed by atoms with Crippen molar-refractivity contribution in [1.29, 1.82) is 0 Å². The highest BCUT2D eigenvalue weighted by Crippen LogP contribution is 2.12. The van der Waals surface area contributed by atoms with Gasteiger partial charge in [-0.15, -0.1) is 11.3 Å². The number of thiophene rings is 1. The van der Waals surface area contributed by atoms with Crippen LogP contribution < -0.4 is 5.32 Å².